The predicted octanol–water partition coefficient (Wildman–Crippen LogP) is 5.82. The van der Waals surface area contributed by atoms with Crippen molar-refractivity contribution in [3.63, 3.8) is 0 Å². The lowest BCUT2D eigenvalue weighted by Crippen LogP contribution is -2.78. The van der Waals surface area contributed by atoms with E-state index in [1.54, 1.807) is 0 Å². The lowest BCUT2D eigenvalue weighted by Gasteiger charge is -2.74. The van der Waals surface area contributed by atoms with Crippen molar-refractivity contribution >= 4 is 5.97 Å². The van der Waals surface area contributed by atoms with Crippen molar-refractivity contribution in [2.75, 3.05) is 0 Å². The van der Waals surface area contributed by atoms with E-state index in [1.165, 1.54) is 5.57 Å². The van der Waals surface area contributed by atoms with Gasteiger partial charge in [-0.05, 0) is 68.3 Å². The van der Waals surface area contributed by atoms with Crippen molar-refractivity contribution in [2.45, 2.75) is 123 Å². The van der Waals surface area contributed by atoms with Gasteiger partial charge in [-0.15, -0.1) is 0 Å². The molecule has 1 unspecified atom stereocenters. The number of aliphatic hydroxyl groups excluding tert-OH is 2. The maximum Gasteiger partial charge on any atom is 0.306 e. The van der Waals surface area contributed by atoms with Crippen LogP contribution in [0, 0.1) is 39.4 Å². The number of aliphatic hydroxyl groups is 2. The summed E-state index contributed by atoms with van der Waals surface area (Å²) >= 11 is 0. The van der Waals surface area contributed by atoms with E-state index in [4.69, 9.17) is 9.78 Å². The molecule has 3 saturated carbocycles. The average Bonchev–Trinajstić information content (AvgIpc) is 3.03. The van der Waals surface area contributed by atoms with Crippen LogP contribution in [0.1, 0.15) is 99.8 Å². The lowest BCUT2D eigenvalue weighted by molar-refractivity contribution is -0.522. The third-order valence-corrected chi connectivity index (χ3v) is 12.9. The Hall–Kier alpha value is -1.21. The molecule has 37 heavy (non-hydrogen) atoms. The minimum absolute atomic E-state index is 0.291. The molecule has 2 bridgehead atoms. The molecule has 2 heterocycles. The number of carboxylic acid groups (broad SMARTS) is 1. The monoisotopic (exact) mass is 516 g/mol. The highest BCUT2D eigenvalue weighted by Gasteiger charge is 2.81. The second-order valence-corrected chi connectivity index (χ2v) is 14.6. The molecule has 0 radical (unpaired) electrons. The fourth-order valence-corrected chi connectivity index (χ4v) is 10.0. The number of allylic oxidation sites excluding steroid dienone is 2. The Kier molecular flexibility index (Phi) is 6.03. The molecule has 0 aromatic carbocycles. The standard InChI is InChI=1S/C31H48O6/c1-18(2)19(3)9-10-20(25(34)35)24-21(32)17-29(8)28(24,7)13-11-22-27(6)14-12-23(33)26(4,5)31(27)16-15-30(22,29)36-37-31/h11,18,20-21,23-24,32-33H,3,9-10,12-17H2,1-2,4-8H3,(H,34,35)/t20-,21-,23+,24+,27-,28-,29-,30?,31-/m1/s1. The number of carboxylic acids is 1. The summed E-state index contributed by atoms with van der Waals surface area (Å²) < 4.78 is 0. The molecular weight excluding hydrogens is 468 g/mol. The first-order valence-corrected chi connectivity index (χ1v) is 14.4. The van der Waals surface area contributed by atoms with E-state index < -0.39 is 57.5 Å². The molecule has 208 valence electrons. The average molecular weight is 517 g/mol. The van der Waals surface area contributed by atoms with Crippen molar-refractivity contribution in [1.29, 1.82) is 0 Å². The number of hydrogen-bond donors (Lipinski definition) is 3. The molecule has 4 aliphatic carbocycles. The fraction of sp³-hybridized carbons (Fsp3) is 0.839. The van der Waals surface area contributed by atoms with Gasteiger partial charge in [0.1, 0.15) is 11.2 Å². The van der Waals surface area contributed by atoms with Crippen molar-refractivity contribution in [3.8, 4) is 0 Å². The zero-order valence-corrected chi connectivity index (χ0v) is 23.9. The van der Waals surface area contributed by atoms with E-state index >= 15 is 0 Å². The molecule has 2 spiro atoms. The maximum atomic E-state index is 12.7. The minimum Gasteiger partial charge on any atom is -0.481 e. The van der Waals surface area contributed by atoms with Crippen LogP contribution in [-0.2, 0) is 14.6 Å². The molecule has 6 rings (SSSR count). The van der Waals surface area contributed by atoms with Gasteiger partial charge in [0.2, 0.25) is 0 Å². The first-order chi connectivity index (χ1) is 17.0. The van der Waals surface area contributed by atoms with Gasteiger partial charge in [0.25, 0.3) is 0 Å². The molecule has 0 amide bonds. The van der Waals surface area contributed by atoms with Gasteiger partial charge < -0.3 is 15.3 Å². The molecule has 0 aromatic heterocycles. The van der Waals surface area contributed by atoms with Gasteiger partial charge in [0.15, 0.2) is 0 Å². The molecule has 6 nitrogen and oxygen atoms in total. The highest BCUT2D eigenvalue weighted by molar-refractivity contribution is 5.71. The van der Waals surface area contributed by atoms with Crippen LogP contribution in [0.15, 0.2) is 23.8 Å². The molecule has 9 atom stereocenters. The Morgan fingerprint density at radius 2 is 1.78 bits per heavy atom. The summed E-state index contributed by atoms with van der Waals surface area (Å²) in [4.78, 5) is 25.8. The van der Waals surface area contributed by atoms with Crippen LogP contribution in [0.5, 0.6) is 0 Å². The SMILES string of the molecule is C=C(CC[C@@H](C(=O)O)[C@H]1[C@H](O)C[C@@]2(C)C34CC[C@@]5(OO3)C(C)(C)[C@@H](O)CC[C@]5(C)C4=CC[C@]12C)C(C)C. The van der Waals surface area contributed by atoms with Gasteiger partial charge in [0, 0.05) is 22.2 Å². The number of aliphatic carboxylic acids is 1. The van der Waals surface area contributed by atoms with Gasteiger partial charge in [-0.3, -0.25) is 4.79 Å². The number of rotatable bonds is 6. The first-order valence-electron chi connectivity index (χ1n) is 14.4. The number of carbonyl (C=O) groups is 1. The Bertz CT molecular complexity index is 1020. The quantitative estimate of drug-likeness (QED) is 0.304. The summed E-state index contributed by atoms with van der Waals surface area (Å²) in [5.41, 5.74) is -0.752. The molecule has 5 fully saturated rings. The summed E-state index contributed by atoms with van der Waals surface area (Å²) in [6.45, 7) is 19.2. The van der Waals surface area contributed by atoms with Crippen LogP contribution in [-0.4, -0.2) is 44.7 Å². The summed E-state index contributed by atoms with van der Waals surface area (Å²) in [5.74, 6) is -1.58. The Balaban J connectivity index is 1.58. The van der Waals surface area contributed by atoms with Crippen LogP contribution >= 0.6 is 0 Å². The Labute approximate surface area is 222 Å². The molecule has 6 aliphatic rings. The van der Waals surface area contributed by atoms with Gasteiger partial charge in [-0.2, -0.15) is 0 Å². The van der Waals surface area contributed by atoms with Crippen molar-refractivity contribution < 1.29 is 29.9 Å². The van der Waals surface area contributed by atoms with E-state index in [-0.39, 0.29) is 5.41 Å². The lowest BCUT2D eigenvalue weighted by atomic mass is 9.37. The number of hydrogen-bond acceptors (Lipinski definition) is 5. The van der Waals surface area contributed by atoms with Crippen LogP contribution in [0.3, 0.4) is 0 Å². The van der Waals surface area contributed by atoms with Crippen LogP contribution in [0.25, 0.3) is 0 Å². The minimum atomic E-state index is -0.836. The Morgan fingerprint density at radius 3 is 2.35 bits per heavy atom. The second kappa shape index (κ2) is 8.16. The maximum absolute atomic E-state index is 12.7. The van der Waals surface area contributed by atoms with E-state index in [0.717, 1.165) is 24.8 Å². The van der Waals surface area contributed by atoms with Crippen LogP contribution < -0.4 is 0 Å². The predicted molar refractivity (Wildman–Crippen MR) is 141 cm³/mol. The normalized spacial score (nSPS) is 48.6. The van der Waals surface area contributed by atoms with Crippen LogP contribution in [0.4, 0.5) is 0 Å². The number of fused-ring (bicyclic) bond motifs is 3. The summed E-state index contributed by atoms with van der Waals surface area (Å²) in [6, 6.07) is 0. The topological polar surface area (TPSA) is 96.2 Å². The summed E-state index contributed by atoms with van der Waals surface area (Å²) in [5, 5.41) is 33.0. The molecule has 2 aliphatic heterocycles. The third-order valence-electron chi connectivity index (χ3n) is 12.9. The zero-order valence-electron chi connectivity index (χ0n) is 23.9. The molecule has 3 N–H and O–H groups in total. The van der Waals surface area contributed by atoms with Crippen molar-refractivity contribution in [2.24, 2.45) is 39.4 Å². The van der Waals surface area contributed by atoms with Crippen molar-refractivity contribution in [1.82, 2.24) is 0 Å². The zero-order chi connectivity index (χ0) is 27.4. The largest absolute Gasteiger partial charge is 0.481 e. The highest BCUT2D eigenvalue weighted by atomic mass is 17.2. The third kappa shape index (κ3) is 3.05. The molecule has 6 heteroatoms. The molecular formula is C31H48O6. The smallest absolute Gasteiger partial charge is 0.306 e. The van der Waals surface area contributed by atoms with Gasteiger partial charge in [0.05, 0.1) is 18.1 Å². The molecule has 0 aromatic rings. The summed E-state index contributed by atoms with van der Waals surface area (Å²) in [6.07, 6.45) is 6.49. The molecule has 2 saturated heterocycles. The van der Waals surface area contributed by atoms with Gasteiger partial charge in [-0.25, -0.2) is 9.78 Å². The van der Waals surface area contributed by atoms with Crippen molar-refractivity contribution in [3.05, 3.63) is 23.8 Å². The van der Waals surface area contributed by atoms with E-state index in [9.17, 15) is 20.1 Å². The van der Waals surface area contributed by atoms with E-state index in [0.29, 0.717) is 38.0 Å². The van der Waals surface area contributed by atoms with Gasteiger partial charge >= 0.3 is 5.97 Å². The second-order valence-electron chi connectivity index (χ2n) is 14.6. The van der Waals surface area contributed by atoms with E-state index in [1.807, 2.05) is 0 Å². The van der Waals surface area contributed by atoms with E-state index in [2.05, 4.69) is 61.1 Å². The van der Waals surface area contributed by atoms with Gasteiger partial charge in [-0.1, -0.05) is 66.7 Å². The highest BCUT2D eigenvalue weighted by Crippen LogP contribution is 2.79. The first kappa shape index (κ1) is 27.4. The summed E-state index contributed by atoms with van der Waals surface area (Å²) in [7, 11) is 0. The fourth-order valence-electron chi connectivity index (χ4n) is 10.0. The van der Waals surface area contributed by atoms with Crippen LogP contribution in [0.2, 0.25) is 0 Å². The Morgan fingerprint density at radius 1 is 1.11 bits per heavy atom.